The van der Waals surface area contributed by atoms with E-state index in [1.54, 1.807) is 0 Å². The highest BCUT2D eigenvalue weighted by atomic mass is 15.1. The molecule has 1 heteroatoms. The van der Waals surface area contributed by atoms with Crippen LogP contribution in [-0.2, 0) is 0 Å². The van der Waals surface area contributed by atoms with Crippen molar-refractivity contribution in [3.05, 3.63) is 0 Å². The predicted molar refractivity (Wildman–Crippen MR) is 56.7 cm³/mol. The van der Waals surface area contributed by atoms with Gasteiger partial charge in [0.05, 0.1) is 0 Å². The third-order valence-electron chi connectivity index (χ3n) is 4.86. The summed E-state index contributed by atoms with van der Waals surface area (Å²) in [7, 11) is 0. The van der Waals surface area contributed by atoms with E-state index < -0.39 is 0 Å². The molecule has 13 heavy (non-hydrogen) atoms. The van der Waals surface area contributed by atoms with Crippen molar-refractivity contribution in [3.8, 4) is 0 Å². The topological polar surface area (TPSA) is 12.0 Å². The van der Waals surface area contributed by atoms with Crippen molar-refractivity contribution in [2.75, 3.05) is 6.54 Å². The van der Waals surface area contributed by atoms with Crippen LogP contribution in [0.5, 0.6) is 0 Å². The molecule has 2 fully saturated rings. The first kappa shape index (κ1) is 9.51. The highest BCUT2D eigenvalue weighted by Gasteiger charge is 2.56. The summed E-state index contributed by atoms with van der Waals surface area (Å²) in [5.41, 5.74) is 1.15. The molecule has 76 valence electrons. The second kappa shape index (κ2) is 2.73. The van der Waals surface area contributed by atoms with Gasteiger partial charge in [0.15, 0.2) is 0 Å². The van der Waals surface area contributed by atoms with E-state index in [4.69, 9.17) is 0 Å². The van der Waals surface area contributed by atoms with Crippen LogP contribution in [0.3, 0.4) is 0 Å². The smallest absolute Gasteiger partial charge is 0.0210 e. The molecule has 0 aromatic heterocycles. The summed E-state index contributed by atoms with van der Waals surface area (Å²) in [5, 5.41) is 3.79. The zero-order valence-corrected chi connectivity index (χ0v) is 9.48. The van der Waals surface area contributed by atoms with E-state index in [1.807, 2.05) is 0 Å². The molecule has 1 saturated carbocycles. The maximum absolute atomic E-state index is 3.79. The Kier molecular flexibility index (Phi) is 1.99. The average molecular weight is 181 g/mol. The van der Waals surface area contributed by atoms with Gasteiger partial charge >= 0.3 is 0 Å². The number of nitrogens with one attached hydrogen (secondary N) is 1. The van der Waals surface area contributed by atoms with Crippen molar-refractivity contribution >= 4 is 0 Å². The van der Waals surface area contributed by atoms with E-state index in [0.29, 0.717) is 11.0 Å². The van der Waals surface area contributed by atoms with Crippen molar-refractivity contribution in [2.45, 2.75) is 52.5 Å². The van der Waals surface area contributed by atoms with Crippen molar-refractivity contribution in [1.29, 1.82) is 0 Å². The molecular weight excluding hydrogens is 158 g/mol. The molecule has 1 N–H and O–H groups in total. The zero-order valence-electron chi connectivity index (χ0n) is 9.48. The van der Waals surface area contributed by atoms with Crippen molar-refractivity contribution < 1.29 is 0 Å². The van der Waals surface area contributed by atoms with Gasteiger partial charge in [-0.15, -0.1) is 0 Å². The van der Waals surface area contributed by atoms with Gasteiger partial charge in [0, 0.05) is 12.1 Å². The Balaban J connectivity index is 2.19. The third-order valence-corrected chi connectivity index (χ3v) is 4.86. The Morgan fingerprint density at radius 2 is 1.69 bits per heavy atom. The summed E-state index contributed by atoms with van der Waals surface area (Å²) >= 11 is 0. The molecule has 0 aromatic rings. The molecule has 0 aromatic carbocycles. The summed E-state index contributed by atoms with van der Waals surface area (Å²) in [6.07, 6.45) is 4.29. The molecule has 1 saturated heterocycles. The van der Waals surface area contributed by atoms with Crippen molar-refractivity contribution in [3.63, 3.8) is 0 Å². The number of rotatable bonds is 2. The van der Waals surface area contributed by atoms with Gasteiger partial charge in [0.25, 0.3) is 0 Å². The average Bonchev–Trinajstić information content (AvgIpc) is 2.61. The second-order valence-corrected chi connectivity index (χ2v) is 5.86. The molecule has 1 heterocycles. The maximum atomic E-state index is 3.79. The van der Waals surface area contributed by atoms with Crippen LogP contribution in [0.4, 0.5) is 0 Å². The van der Waals surface area contributed by atoms with Gasteiger partial charge in [-0.2, -0.15) is 0 Å². The molecule has 2 unspecified atom stereocenters. The molecule has 0 radical (unpaired) electrons. The van der Waals surface area contributed by atoms with Crippen molar-refractivity contribution in [2.24, 2.45) is 17.3 Å². The maximum Gasteiger partial charge on any atom is 0.0210 e. The minimum atomic E-state index is 0.504. The summed E-state index contributed by atoms with van der Waals surface area (Å²) in [4.78, 5) is 0. The van der Waals surface area contributed by atoms with Crippen LogP contribution in [0, 0.1) is 17.3 Å². The molecule has 2 rings (SSSR count). The Bertz CT molecular complexity index is 175. The molecule has 2 atom stereocenters. The number of hydrogen-bond donors (Lipinski definition) is 1. The lowest BCUT2D eigenvalue weighted by molar-refractivity contribution is 0.212. The fourth-order valence-corrected chi connectivity index (χ4v) is 3.32. The van der Waals surface area contributed by atoms with Gasteiger partial charge in [0.2, 0.25) is 0 Å². The second-order valence-electron chi connectivity index (χ2n) is 5.86. The number of piperidine rings is 1. The number of hydrogen-bond acceptors (Lipinski definition) is 1. The standard InChI is InChI=1S/C12H23N/c1-9(2)11-5-6-12(7-11,10(3)4)13-8-11/h9-10,13H,5-8H2,1-4H3. The van der Waals surface area contributed by atoms with Gasteiger partial charge in [-0.1, -0.05) is 27.7 Å². The van der Waals surface area contributed by atoms with E-state index in [2.05, 4.69) is 33.0 Å². The minimum Gasteiger partial charge on any atom is -0.310 e. The van der Waals surface area contributed by atoms with Crippen molar-refractivity contribution in [1.82, 2.24) is 5.32 Å². The SMILES string of the molecule is CC(C)C12CCC(C(C)C)(C1)NC2. The first-order valence-corrected chi connectivity index (χ1v) is 5.76. The Labute approximate surface area is 82.3 Å². The first-order chi connectivity index (χ1) is 6.01. The predicted octanol–water partition coefficient (Wildman–Crippen LogP) is 2.81. The lowest BCUT2D eigenvalue weighted by atomic mass is 9.76. The molecule has 1 nitrogen and oxygen atoms in total. The van der Waals surface area contributed by atoms with Gasteiger partial charge in [-0.3, -0.25) is 0 Å². The van der Waals surface area contributed by atoms with Gasteiger partial charge in [-0.25, -0.2) is 0 Å². The Morgan fingerprint density at radius 1 is 1.00 bits per heavy atom. The fraction of sp³-hybridized carbons (Fsp3) is 1.00. The normalized spacial score (nSPS) is 43.8. The molecule has 2 aliphatic rings. The lowest BCUT2D eigenvalue weighted by Gasteiger charge is -2.33. The van der Waals surface area contributed by atoms with E-state index in [-0.39, 0.29) is 0 Å². The molecular formula is C12H23N. The van der Waals surface area contributed by atoms with Gasteiger partial charge < -0.3 is 5.32 Å². The van der Waals surface area contributed by atoms with E-state index in [9.17, 15) is 0 Å². The van der Waals surface area contributed by atoms with Crippen LogP contribution in [-0.4, -0.2) is 12.1 Å². The van der Waals surface area contributed by atoms with Crippen LogP contribution in [0.2, 0.25) is 0 Å². The molecule has 0 spiro atoms. The monoisotopic (exact) mass is 181 g/mol. The quantitative estimate of drug-likeness (QED) is 0.690. The molecule has 2 bridgehead atoms. The van der Waals surface area contributed by atoms with Gasteiger partial charge in [-0.05, 0) is 36.5 Å². The van der Waals surface area contributed by atoms with E-state index >= 15 is 0 Å². The largest absolute Gasteiger partial charge is 0.310 e. The fourth-order valence-electron chi connectivity index (χ4n) is 3.32. The molecule has 1 aliphatic carbocycles. The summed E-state index contributed by atoms with van der Waals surface area (Å²) in [5.74, 6) is 1.65. The molecule has 0 amide bonds. The van der Waals surface area contributed by atoms with Crippen LogP contribution in [0.25, 0.3) is 0 Å². The van der Waals surface area contributed by atoms with Crippen LogP contribution < -0.4 is 5.32 Å². The number of fused-ring (bicyclic) bond motifs is 2. The summed E-state index contributed by atoms with van der Waals surface area (Å²) in [6, 6.07) is 0. The van der Waals surface area contributed by atoms with E-state index in [0.717, 1.165) is 11.8 Å². The van der Waals surface area contributed by atoms with Crippen LogP contribution in [0.1, 0.15) is 47.0 Å². The highest BCUT2D eigenvalue weighted by molar-refractivity contribution is 5.12. The van der Waals surface area contributed by atoms with Crippen LogP contribution in [0.15, 0.2) is 0 Å². The lowest BCUT2D eigenvalue weighted by Crippen LogP contribution is -2.45. The van der Waals surface area contributed by atoms with Gasteiger partial charge in [0.1, 0.15) is 0 Å². The summed E-state index contributed by atoms with van der Waals surface area (Å²) in [6.45, 7) is 10.8. The Hall–Kier alpha value is -0.0400. The molecule has 1 aliphatic heterocycles. The highest BCUT2D eigenvalue weighted by Crippen LogP contribution is 2.55. The third kappa shape index (κ3) is 1.16. The summed E-state index contributed by atoms with van der Waals surface area (Å²) < 4.78 is 0. The van der Waals surface area contributed by atoms with Crippen LogP contribution >= 0.6 is 0 Å². The minimum absolute atomic E-state index is 0.504. The zero-order chi connectivity index (χ0) is 9.69. The Morgan fingerprint density at radius 3 is 1.92 bits per heavy atom. The first-order valence-electron chi connectivity index (χ1n) is 5.76. The van der Waals surface area contributed by atoms with E-state index in [1.165, 1.54) is 25.8 Å².